The molecule has 0 aliphatic rings. The quantitative estimate of drug-likeness (QED) is 0.604. The molecule has 0 aliphatic carbocycles. The van der Waals surface area contributed by atoms with E-state index in [1.807, 2.05) is 12.4 Å². The first-order chi connectivity index (χ1) is 12.6. The highest BCUT2D eigenvalue weighted by Crippen LogP contribution is 2.19. The van der Waals surface area contributed by atoms with E-state index in [9.17, 15) is 0 Å². The normalized spacial score (nSPS) is 11.3. The molecule has 0 amide bonds. The fourth-order valence-electron chi connectivity index (χ4n) is 2.75. The Hall–Kier alpha value is -3.42. The molecular formula is C18H18N8. The fourth-order valence-corrected chi connectivity index (χ4v) is 2.75. The molecule has 4 aromatic rings. The third kappa shape index (κ3) is 3.08. The van der Waals surface area contributed by atoms with Gasteiger partial charge < -0.3 is 10.3 Å². The molecule has 4 aromatic heterocycles. The Kier molecular flexibility index (Phi) is 4.00. The highest BCUT2D eigenvalue weighted by atomic mass is 15.1. The largest absolute Gasteiger partial charge is 0.368 e. The summed E-state index contributed by atoms with van der Waals surface area (Å²) in [5.41, 5.74) is 10.0. The Bertz CT molecular complexity index is 1050. The van der Waals surface area contributed by atoms with Crippen LogP contribution < -0.4 is 5.73 Å². The van der Waals surface area contributed by atoms with Gasteiger partial charge in [-0.2, -0.15) is 0 Å². The summed E-state index contributed by atoms with van der Waals surface area (Å²) in [6, 6.07) is 4.29. The van der Waals surface area contributed by atoms with Crippen LogP contribution in [0.5, 0.6) is 0 Å². The van der Waals surface area contributed by atoms with Crippen LogP contribution in [0.25, 0.3) is 22.4 Å². The fraction of sp³-hybridized carbons (Fsp3) is 0.222. The van der Waals surface area contributed by atoms with Crippen molar-refractivity contribution in [2.24, 2.45) is 0 Å². The van der Waals surface area contributed by atoms with E-state index in [2.05, 4.69) is 54.4 Å². The molecule has 4 rings (SSSR count). The molecule has 130 valence electrons. The first-order valence-electron chi connectivity index (χ1n) is 8.31. The number of hydrogen-bond acceptors (Lipinski definition) is 7. The van der Waals surface area contributed by atoms with Crippen molar-refractivity contribution in [3.8, 4) is 11.4 Å². The summed E-state index contributed by atoms with van der Waals surface area (Å²) in [6.45, 7) is 4.26. The maximum atomic E-state index is 5.53. The van der Waals surface area contributed by atoms with E-state index in [0.29, 0.717) is 18.3 Å². The molecular weight excluding hydrogens is 328 g/mol. The van der Waals surface area contributed by atoms with Gasteiger partial charge in [-0.3, -0.25) is 4.98 Å². The summed E-state index contributed by atoms with van der Waals surface area (Å²) < 4.78 is 2.14. The summed E-state index contributed by atoms with van der Waals surface area (Å²) in [4.78, 5) is 25.8. The summed E-state index contributed by atoms with van der Waals surface area (Å²) in [5.74, 6) is 0.792. The lowest BCUT2D eigenvalue weighted by Gasteiger charge is -2.08. The summed E-state index contributed by atoms with van der Waals surface area (Å²) >= 11 is 0. The van der Waals surface area contributed by atoms with Crippen molar-refractivity contribution in [2.75, 3.05) is 5.73 Å². The number of nitrogens with zero attached hydrogens (tertiary/aromatic N) is 7. The van der Waals surface area contributed by atoms with Crippen LogP contribution in [0.2, 0.25) is 0 Å². The molecule has 0 bridgehead atoms. The molecule has 4 heterocycles. The zero-order valence-electron chi connectivity index (χ0n) is 14.5. The number of pyridine rings is 1. The summed E-state index contributed by atoms with van der Waals surface area (Å²) in [7, 11) is 0. The highest BCUT2D eigenvalue weighted by Gasteiger charge is 2.09. The number of anilines is 1. The maximum absolute atomic E-state index is 5.53. The van der Waals surface area contributed by atoms with Crippen LogP contribution in [0.1, 0.15) is 31.3 Å². The molecule has 0 spiro atoms. The molecule has 0 unspecified atom stereocenters. The van der Waals surface area contributed by atoms with E-state index in [1.165, 1.54) is 0 Å². The number of nitrogens with two attached hydrogens (primary N) is 1. The predicted molar refractivity (Wildman–Crippen MR) is 98.2 cm³/mol. The van der Waals surface area contributed by atoms with Gasteiger partial charge >= 0.3 is 0 Å². The lowest BCUT2D eigenvalue weighted by molar-refractivity contribution is 0.617. The Morgan fingerprint density at radius 1 is 1.00 bits per heavy atom. The van der Waals surface area contributed by atoms with Gasteiger partial charge in [0.05, 0.1) is 29.3 Å². The average Bonchev–Trinajstić information content (AvgIpc) is 3.06. The van der Waals surface area contributed by atoms with E-state index in [0.717, 1.165) is 28.0 Å². The van der Waals surface area contributed by atoms with Gasteiger partial charge in [-0.25, -0.2) is 24.9 Å². The van der Waals surface area contributed by atoms with E-state index in [1.54, 1.807) is 24.8 Å². The van der Waals surface area contributed by atoms with Crippen LogP contribution in [0.4, 0.5) is 5.95 Å². The second-order valence-corrected chi connectivity index (χ2v) is 6.29. The number of imidazole rings is 1. The maximum Gasteiger partial charge on any atom is 0.219 e. The molecule has 0 fully saturated rings. The summed E-state index contributed by atoms with van der Waals surface area (Å²) in [5, 5.41) is 0. The van der Waals surface area contributed by atoms with Crippen LogP contribution in [0.3, 0.4) is 0 Å². The number of hydrogen-bond donors (Lipinski definition) is 1. The second kappa shape index (κ2) is 6.47. The van der Waals surface area contributed by atoms with Crippen LogP contribution in [-0.2, 0) is 6.42 Å². The molecule has 2 N–H and O–H groups in total. The Morgan fingerprint density at radius 2 is 1.81 bits per heavy atom. The average molecular weight is 346 g/mol. The number of nitrogen functional groups attached to an aromatic ring is 1. The highest BCUT2D eigenvalue weighted by molar-refractivity contribution is 5.74. The van der Waals surface area contributed by atoms with Crippen LogP contribution >= 0.6 is 0 Å². The number of fused-ring (bicyclic) bond motifs is 1. The zero-order valence-corrected chi connectivity index (χ0v) is 14.5. The van der Waals surface area contributed by atoms with Crippen molar-refractivity contribution in [1.82, 2.24) is 34.5 Å². The van der Waals surface area contributed by atoms with Gasteiger partial charge in [-0.1, -0.05) is 0 Å². The minimum absolute atomic E-state index is 0.226. The number of rotatable bonds is 4. The van der Waals surface area contributed by atoms with E-state index >= 15 is 0 Å². The predicted octanol–water partition coefficient (Wildman–Crippen LogP) is 2.43. The molecule has 0 atom stereocenters. The van der Waals surface area contributed by atoms with Crippen molar-refractivity contribution >= 4 is 17.0 Å². The molecule has 8 heteroatoms. The van der Waals surface area contributed by atoms with Crippen molar-refractivity contribution < 1.29 is 0 Å². The topological polar surface area (TPSA) is 108 Å². The third-order valence-corrected chi connectivity index (χ3v) is 4.08. The molecule has 0 saturated carbocycles. The van der Waals surface area contributed by atoms with Gasteiger partial charge in [-0.05, 0) is 26.0 Å². The summed E-state index contributed by atoms with van der Waals surface area (Å²) in [6.07, 6.45) is 9.22. The lowest BCUT2D eigenvalue weighted by Crippen LogP contribution is -2.01. The van der Waals surface area contributed by atoms with Gasteiger partial charge in [0.25, 0.3) is 0 Å². The second-order valence-electron chi connectivity index (χ2n) is 6.29. The first-order valence-corrected chi connectivity index (χ1v) is 8.31. The minimum atomic E-state index is 0.226. The van der Waals surface area contributed by atoms with Crippen molar-refractivity contribution in [3.63, 3.8) is 0 Å². The Morgan fingerprint density at radius 3 is 2.58 bits per heavy atom. The smallest absolute Gasteiger partial charge is 0.219 e. The lowest BCUT2D eigenvalue weighted by atomic mass is 10.2. The monoisotopic (exact) mass is 346 g/mol. The standard InChI is InChI=1S/C18H18N8/c1-11(2)26-10-24-15-9-21-14(6-16(15)26)5-13-3-4-20-17(25-13)12-7-22-18(19)23-8-12/h3-4,6-11H,5H2,1-2H3,(H2,19,22,23). The van der Waals surface area contributed by atoms with Gasteiger partial charge in [0.2, 0.25) is 5.95 Å². The van der Waals surface area contributed by atoms with Crippen molar-refractivity contribution in [1.29, 1.82) is 0 Å². The van der Waals surface area contributed by atoms with Crippen LogP contribution in [0, 0.1) is 0 Å². The third-order valence-electron chi connectivity index (χ3n) is 4.08. The Labute approximate surface area is 150 Å². The zero-order chi connectivity index (χ0) is 18.1. The molecule has 26 heavy (non-hydrogen) atoms. The van der Waals surface area contributed by atoms with Gasteiger partial charge in [0.15, 0.2) is 5.82 Å². The molecule has 0 radical (unpaired) electrons. The van der Waals surface area contributed by atoms with Crippen molar-refractivity contribution in [2.45, 2.75) is 26.3 Å². The van der Waals surface area contributed by atoms with Crippen LogP contribution in [-0.4, -0.2) is 34.5 Å². The molecule has 0 aromatic carbocycles. The molecule has 8 nitrogen and oxygen atoms in total. The van der Waals surface area contributed by atoms with Crippen molar-refractivity contribution in [3.05, 3.63) is 54.6 Å². The van der Waals surface area contributed by atoms with E-state index in [4.69, 9.17) is 5.73 Å². The van der Waals surface area contributed by atoms with E-state index < -0.39 is 0 Å². The van der Waals surface area contributed by atoms with Crippen LogP contribution in [0.15, 0.2) is 43.2 Å². The van der Waals surface area contributed by atoms with Gasteiger partial charge in [-0.15, -0.1) is 0 Å². The van der Waals surface area contributed by atoms with Gasteiger partial charge in [0, 0.05) is 36.7 Å². The number of aromatic nitrogens is 7. The minimum Gasteiger partial charge on any atom is -0.368 e. The SMILES string of the molecule is CC(C)n1cnc2cnc(Cc3ccnc(-c4cnc(N)nc4)n3)cc21. The van der Waals surface area contributed by atoms with E-state index in [-0.39, 0.29) is 5.95 Å². The first kappa shape index (κ1) is 16.1. The van der Waals surface area contributed by atoms with Gasteiger partial charge in [0.1, 0.15) is 5.52 Å². The molecule has 0 aliphatic heterocycles. The Balaban J connectivity index is 1.65. The molecule has 0 saturated heterocycles.